The first-order valence-corrected chi connectivity index (χ1v) is 19.9. The number of hydrogen-bond acceptors (Lipinski definition) is 1. The fourth-order valence-corrected chi connectivity index (χ4v) is 8.90. The summed E-state index contributed by atoms with van der Waals surface area (Å²) in [5, 5.41) is 7.50. The highest BCUT2D eigenvalue weighted by molar-refractivity contribution is 6.25. The Morgan fingerprint density at radius 3 is 1.74 bits per heavy atom. The average molecular weight is 739 g/mol. The zero-order chi connectivity index (χ0) is 38.4. The lowest BCUT2D eigenvalue weighted by Gasteiger charge is -2.28. The van der Waals surface area contributed by atoms with E-state index in [0.717, 1.165) is 33.9 Å². The second kappa shape index (κ2) is 14.1. The van der Waals surface area contributed by atoms with Crippen molar-refractivity contribution in [1.82, 2.24) is 4.57 Å². The Morgan fingerprint density at radius 2 is 0.897 bits per heavy atom. The standard InChI is InChI=1S/C56H38N2/c1-3-17-40(18-4-1)49-27-9-11-30-52(49)57(48-34-32-39-16-7-8-21-43(39)36-48)46-25-13-23-44(37-46)45-24-14-26-47(38-45)58-53-31-12-10-28-51(53)56-54(58)35-33-42-22-15-29-50(55(42)56)41-19-5-2-6-20-41/h1-38H. The number of para-hydroxylation sites is 2. The van der Waals surface area contributed by atoms with Crippen molar-refractivity contribution < 1.29 is 0 Å². The molecule has 11 rings (SSSR count). The maximum absolute atomic E-state index is 2.44. The lowest BCUT2D eigenvalue weighted by atomic mass is 9.94. The van der Waals surface area contributed by atoms with Gasteiger partial charge in [-0.2, -0.15) is 0 Å². The zero-order valence-corrected chi connectivity index (χ0v) is 31.8. The van der Waals surface area contributed by atoms with Gasteiger partial charge in [-0.3, -0.25) is 0 Å². The lowest BCUT2D eigenvalue weighted by Crippen LogP contribution is -2.11. The Labute approximate surface area is 338 Å². The minimum atomic E-state index is 1.10. The molecule has 272 valence electrons. The predicted molar refractivity (Wildman–Crippen MR) is 247 cm³/mol. The molecule has 2 heteroatoms. The summed E-state index contributed by atoms with van der Waals surface area (Å²) in [7, 11) is 0. The fraction of sp³-hybridized carbons (Fsp3) is 0. The molecule has 0 aliphatic rings. The van der Waals surface area contributed by atoms with Gasteiger partial charge in [0.2, 0.25) is 0 Å². The van der Waals surface area contributed by atoms with E-state index >= 15 is 0 Å². The quantitative estimate of drug-likeness (QED) is 0.158. The maximum atomic E-state index is 2.44. The normalized spacial score (nSPS) is 11.4. The molecule has 0 spiro atoms. The Kier molecular flexibility index (Phi) is 8.19. The third-order valence-corrected chi connectivity index (χ3v) is 11.5. The molecule has 0 N–H and O–H groups in total. The number of nitrogens with zero attached hydrogens (tertiary/aromatic N) is 2. The highest BCUT2D eigenvalue weighted by atomic mass is 15.1. The highest BCUT2D eigenvalue weighted by Crippen LogP contribution is 2.44. The Bertz CT molecular complexity index is 3290. The van der Waals surface area contributed by atoms with E-state index in [0.29, 0.717) is 0 Å². The second-order valence-electron chi connectivity index (χ2n) is 14.9. The molecule has 58 heavy (non-hydrogen) atoms. The molecule has 0 bridgehead atoms. The number of aromatic nitrogens is 1. The average Bonchev–Trinajstić information content (AvgIpc) is 3.64. The van der Waals surface area contributed by atoms with Crippen molar-refractivity contribution in [2.24, 2.45) is 0 Å². The van der Waals surface area contributed by atoms with Gasteiger partial charge in [0, 0.05) is 33.4 Å². The monoisotopic (exact) mass is 738 g/mol. The molecule has 0 aliphatic carbocycles. The van der Waals surface area contributed by atoms with Crippen LogP contribution in [0.2, 0.25) is 0 Å². The number of hydrogen-bond donors (Lipinski definition) is 0. The Balaban J connectivity index is 1.08. The molecule has 0 radical (unpaired) electrons. The summed E-state index contributed by atoms with van der Waals surface area (Å²) in [5.74, 6) is 0. The van der Waals surface area contributed by atoms with Gasteiger partial charge in [0.05, 0.1) is 16.7 Å². The smallest absolute Gasteiger partial charge is 0.0547 e. The minimum absolute atomic E-state index is 1.10. The van der Waals surface area contributed by atoms with Gasteiger partial charge in [0.25, 0.3) is 0 Å². The van der Waals surface area contributed by atoms with E-state index in [-0.39, 0.29) is 0 Å². The van der Waals surface area contributed by atoms with E-state index in [2.05, 4.69) is 240 Å². The van der Waals surface area contributed by atoms with Crippen LogP contribution in [0.25, 0.3) is 82.4 Å². The predicted octanol–water partition coefficient (Wildman–Crippen LogP) is 15.6. The summed E-state index contributed by atoms with van der Waals surface area (Å²) >= 11 is 0. The van der Waals surface area contributed by atoms with E-state index in [4.69, 9.17) is 0 Å². The van der Waals surface area contributed by atoms with Crippen molar-refractivity contribution >= 4 is 60.4 Å². The molecule has 0 atom stereocenters. The van der Waals surface area contributed by atoms with Crippen LogP contribution in [-0.4, -0.2) is 4.57 Å². The fourth-order valence-electron chi connectivity index (χ4n) is 8.90. The number of fused-ring (bicyclic) bond motifs is 6. The number of benzene rings is 10. The van der Waals surface area contributed by atoms with Crippen molar-refractivity contribution in [2.75, 3.05) is 4.90 Å². The van der Waals surface area contributed by atoms with Crippen molar-refractivity contribution in [3.05, 3.63) is 231 Å². The summed E-state index contributed by atoms with van der Waals surface area (Å²) in [5.41, 5.74) is 14.0. The summed E-state index contributed by atoms with van der Waals surface area (Å²) in [6.45, 7) is 0. The maximum Gasteiger partial charge on any atom is 0.0547 e. The SMILES string of the molecule is c1ccc(-c2ccccc2N(c2cccc(-c3cccc(-n4c5ccccc5c5c6c(-c7ccccc7)cccc6ccc54)c3)c2)c2ccc3ccccc3c2)cc1. The molecule has 0 saturated carbocycles. The van der Waals surface area contributed by atoms with Gasteiger partial charge in [-0.25, -0.2) is 0 Å². The Morgan fingerprint density at radius 1 is 0.310 bits per heavy atom. The van der Waals surface area contributed by atoms with E-state index in [1.54, 1.807) is 0 Å². The molecule has 10 aromatic carbocycles. The third-order valence-electron chi connectivity index (χ3n) is 11.5. The Hall–Kier alpha value is -7.68. The number of anilines is 3. The topological polar surface area (TPSA) is 8.17 Å². The molecule has 0 saturated heterocycles. The summed E-state index contributed by atoms with van der Waals surface area (Å²) in [4.78, 5) is 2.41. The van der Waals surface area contributed by atoms with E-state index in [1.807, 2.05) is 0 Å². The van der Waals surface area contributed by atoms with Gasteiger partial charge in [0.1, 0.15) is 0 Å². The van der Waals surface area contributed by atoms with Gasteiger partial charge < -0.3 is 9.47 Å². The van der Waals surface area contributed by atoms with Crippen molar-refractivity contribution in [3.8, 4) is 39.1 Å². The van der Waals surface area contributed by atoms with Crippen molar-refractivity contribution in [2.45, 2.75) is 0 Å². The van der Waals surface area contributed by atoms with Crippen LogP contribution in [-0.2, 0) is 0 Å². The van der Waals surface area contributed by atoms with Crippen LogP contribution in [0.3, 0.4) is 0 Å². The first kappa shape index (κ1) is 33.6. The largest absolute Gasteiger partial charge is 0.310 e. The van der Waals surface area contributed by atoms with Crippen molar-refractivity contribution in [1.29, 1.82) is 0 Å². The first-order valence-electron chi connectivity index (χ1n) is 19.9. The molecule has 2 nitrogen and oxygen atoms in total. The lowest BCUT2D eigenvalue weighted by molar-refractivity contribution is 1.18. The van der Waals surface area contributed by atoms with Crippen LogP contribution in [0.1, 0.15) is 0 Å². The van der Waals surface area contributed by atoms with Gasteiger partial charge in [-0.1, -0.05) is 176 Å². The van der Waals surface area contributed by atoms with Crippen molar-refractivity contribution in [3.63, 3.8) is 0 Å². The summed E-state index contributed by atoms with van der Waals surface area (Å²) < 4.78 is 2.44. The van der Waals surface area contributed by atoms with Crippen LogP contribution in [0.4, 0.5) is 17.1 Å². The van der Waals surface area contributed by atoms with Gasteiger partial charge >= 0.3 is 0 Å². The van der Waals surface area contributed by atoms with E-state index < -0.39 is 0 Å². The van der Waals surface area contributed by atoms with E-state index in [9.17, 15) is 0 Å². The molecular weight excluding hydrogens is 701 g/mol. The zero-order valence-electron chi connectivity index (χ0n) is 31.8. The van der Waals surface area contributed by atoms with Gasteiger partial charge in [-0.05, 0) is 104 Å². The van der Waals surface area contributed by atoms with Crippen LogP contribution in [0.5, 0.6) is 0 Å². The molecule has 1 aromatic heterocycles. The first-order chi connectivity index (χ1) is 28.8. The third kappa shape index (κ3) is 5.74. The molecule has 0 unspecified atom stereocenters. The molecule has 11 aromatic rings. The summed E-state index contributed by atoms with van der Waals surface area (Å²) in [6, 6.07) is 83.7. The van der Waals surface area contributed by atoms with Gasteiger partial charge in [-0.15, -0.1) is 0 Å². The van der Waals surface area contributed by atoms with Crippen LogP contribution >= 0.6 is 0 Å². The summed E-state index contributed by atoms with van der Waals surface area (Å²) in [6.07, 6.45) is 0. The highest BCUT2D eigenvalue weighted by Gasteiger charge is 2.20. The van der Waals surface area contributed by atoms with Gasteiger partial charge in [0.15, 0.2) is 0 Å². The number of rotatable bonds is 7. The molecule has 0 amide bonds. The molecule has 0 aliphatic heterocycles. The van der Waals surface area contributed by atoms with Crippen LogP contribution in [0, 0.1) is 0 Å². The minimum Gasteiger partial charge on any atom is -0.310 e. The second-order valence-corrected chi connectivity index (χ2v) is 14.9. The van der Waals surface area contributed by atoms with Crippen LogP contribution < -0.4 is 4.90 Å². The molecule has 0 fully saturated rings. The van der Waals surface area contributed by atoms with Crippen LogP contribution in [0.15, 0.2) is 231 Å². The van der Waals surface area contributed by atoms with E-state index in [1.165, 1.54) is 65.6 Å². The molecular formula is C56H38N2. The molecule has 1 heterocycles.